The van der Waals surface area contributed by atoms with Crippen LogP contribution in [0.1, 0.15) is 30.3 Å². The lowest BCUT2D eigenvalue weighted by molar-refractivity contribution is -0.119. The Kier molecular flexibility index (Phi) is 5.69. The van der Waals surface area contributed by atoms with Gasteiger partial charge in [-0.25, -0.2) is 0 Å². The van der Waals surface area contributed by atoms with Crippen molar-refractivity contribution in [3.63, 3.8) is 0 Å². The molecule has 6 heteroatoms. The summed E-state index contributed by atoms with van der Waals surface area (Å²) in [5.74, 6) is -0.0529. The van der Waals surface area contributed by atoms with E-state index in [2.05, 4.69) is 15.6 Å². The Bertz CT molecular complexity index is 488. The molecule has 0 aliphatic rings. The number of amides is 1. The molecule has 0 radical (unpaired) electrons. The molecule has 0 saturated heterocycles. The van der Waals surface area contributed by atoms with Crippen LogP contribution in [0.3, 0.4) is 0 Å². The van der Waals surface area contributed by atoms with Gasteiger partial charge in [0.25, 0.3) is 0 Å². The van der Waals surface area contributed by atoms with E-state index in [1.54, 1.807) is 0 Å². The molecule has 0 fully saturated rings. The van der Waals surface area contributed by atoms with Crippen LogP contribution in [-0.4, -0.2) is 29.0 Å². The zero-order valence-corrected chi connectivity index (χ0v) is 12.4. The molecule has 0 spiro atoms. The Morgan fingerprint density at radius 2 is 2.16 bits per heavy atom. The number of pyridine rings is 1. The van der Waals surface area contributed by atoms with E-state index < -0.39 is 0 Å². The summed E-state index contributed by atoms with van der Waals surface area (Å²) in [7, 11) is 0. The van der Waals surface area contributed by atoms with E-state index in [4.69, 9.17) is 18.0 Å². The maximum absolute atomic E-state index is 11.6. The first-order valence-corrected chi connectivity index (χ1v) is 6.65. The summed E-state index contributed by atoms with van der Waals surface area (Å²) >= 11 is 5.03. The molecule has 1 rings (SSSR count). The fourth-order valence-electron chi connectivity index (χ4n) is 1.78. The molecular weight excluding hydrogens is 260 g/mol. The molecule has 0 unspecified atom stereocenters. The highest BCUT2D eigenvalue weighted by Gasteiger charge is 2.11. The Morgan fingerprint density at radius 3 is 2.74 bits per heavy atom. The number of aromatic nitrogens is 1. The molecule has 19 heavy (non-hydrogen) atoms. The van der Waals surface area contributed by atoms with E-state index in [-0.39, 0.29) is 17.4 Å². The molecule has 4 N–H and O–H groups in total. The fourth-order valence-corrected chi connectivity index (χ4v) is 2.04. The number of carbonyl (C=O) groups is 1. The Labute approximate surface area is 119 Å². The lowest BCUT2D eigenvalue weighted by Crippen LogP contribution is -2.31. The third kappa shape index (κ3) is 4.48. The number of hydrogen-bond donors (Lipinski definition) is 3. The number of rotatable bonds is 6. The van der Waals surface area contributed by atoms with Crippen LogP contribution < -0.4 is 16.4 Å². The van der Waals surface area contributed by atoms with Crippen molar-refractivity contribution in [3.8, 4) is 0 Å². The molecule has 1 aromatic rings. The average Bonchev–Trinajstić information content (AvgIpc) is 2.32. The smallest absolute Gasteiger partial charge is 0.239 e. The van der Waals surface area contributed by atoms with Gasteiger partial charge in [-0.3, -0.25) is 9.78 Å². The van der Waals surface area contributed by atoms with Gasteiger partial charge in [0.1, 0.15) is 4.99 Å². The van der Waals surface area contributed by atoms with E-state index in [0.29, 0.717) is 12.1 Å². The zero-order valence-electron chi connectivity index (χ0n) is 11.5. The standard InChI is InChI=1S/C13H20N4OS/c1-4-5-15-11(18)7-16-10-6-8(2)17-9(3)12(10)13(14)19/h6H,4-5,7H2,1-3H3,(H2,14,19)(H,15,18)(H,16,17). The van der Waals surface area contributed by atoms with Crippen molar-refractivity contribution < 1.29 is 4.79 Å². The van der Waals surface area contributed by atoms with E-state index >= 15 is 0 Å². The number of anilines is 1. The largest absolute Gasteiger partial charge is 0.389 e. The molecule has 1 heterocycles. The van der Waals surface area contributed by atoms with Gasteiger partial charge in [-0.05, 0) is 26.3 Å². The van der Waals surface area contributed by atoms with Crippen LogP contribution in [0.2, 0.25) is 0 Å². The van der Waals surface area contributed by atoms with Crippen molar-refractivity contribution in [2.45, 2.75) is 27.2 Å². The molecule has 0 saturated carbocycles. The highest BCUT2D eigenvalue weighted by Crippen LogP contribution is 2.19. The maximum atomic E-state index is 11.6. The molecule has 0 aliphatic heterocycles. The number of aryl methyl sites for hydroxylation is 2. The molecular formula is C13H20N4OS. The molecule has 0 aromatic carbocycles. The van der Waals surface area contributed by atoms with Gasteiger partial charge >= 0.3 is 0 Å². The van der Waals surface area contributed by atoms with E-state index in [9.17, 15) is 4.79 Å². The molecule has 104 valence electrons. The number of carbonyl (C=O) groups excluding carboxylic acids is 1. The molecule has 1 aromatic heterocycles. The first-order chi connectivity index (χ1) is 8.95. The molecule has 5 nitrogen and oxygen atoms in total. The van der Waals surface area contributed by atoms with Crippen molar-refractivity contribution in [2.24, 2.45) is 5.73 Å². The number of nitrogens with two attached hydrogens (primary N) is 1. The van der Waals surface area contributed by atoms with Gasteiger partial charge in [-0.15, -0.1) is 0 Å². The van der Waals surface area contributed by atoms with Gasteiger partial charge in [0.2, 0.25) is 5.91 Å². The lowest BCUT2D eigenvalue weighted by Gasteiger charge is -2.14. The normalized spacial score (nSPS) is 10.1. The minimum atomic E-state index is -0.0529. The minimum absolute atomic E-state index is 0.0529. The molecule has 0 bridgehead atoms. The van der Waals surface area contributed by atoms with Crippen LogP contribution in [0.5, 0.6) is 0 Å². The minimum Gasteiger partial charge on any atom is -0.389 e. The first kappa shape index (κ1) is 15.4. The van der Waals surface area contributed by atoms with Gasteiger partial charge in [0, 0.05) is 23.6 Å². The van der Waals surface area contributed by atoms with Gasteiger partial charge in [0.15, 0.2) is 0 Å². The topological polar surface area (TPSA) is 80.0 Å². The summed E-state index contributed by atoms with van der Waals surface area (Å²) in [6.45, 7) is 6.62. The van der Waals surface area contributed by atoms with Crippen molar-refractivity contribution in [3.05, 3.63) is 23.0 Å². The Hall–Kier alpha value is -1.69. The van der Waals surface area contributed by atoms with Gasteiger partial charge in [0.05, 0.1) is 12.1 Å². The monoisotopic (exact) mass is 280 g/mol. The third-order valence-electron chi connectivity index (χ3n) is 2.59. The second-order valence-electron chi connectivity index (χ2n) is 4.34. The third-order valence-corrected chi connectivity index (χ3v) is 2.79. The Morgan fingerprint density at radius 1 is 1.47 bits per heavy atom. The molecule has 0 aliphatic carbocycles. The van der Waals surface area contributed by atoms with Crippen LogP contribution in [0, 0.1) is 13.8 Å². The summed E-state index contributed by atoms with van der Waals surface area (Å²) in [6.07, 6.45) is 0.914. The van der Waals surface area contributed by atoms with Gasteiger partial charge in [-0.2, -0.15) is 0 Å². The van der Waals surface area contributed by atoms with Crippen LogP contribution in [0.4, 0.5) is 5.69 Å². The van der Waals surface area contributed by atoms with Crippen LogP contribution in [-0.2, 0) is 4.79 Å². The highest BCUT2D eigenvalue weighted by molar-refractivity contribution is 7.80. The van der Waals surface area contributed by atoms with Crippen molar-refractivity contribution in [1.29, 1.82) is 0 Å². The summed E-state index contributed by atoms with van der Waals surface area (Å²) in [6, 6.07) is 1.84. The molecule has 0 atom stereocenters. The van der Waals surface area contributed by atoms with Crippen LogP contribution in [0.15, 0.2) is 6.07 Å². The highest BCUT2D eigenvalue weighted by atomic mass is 32.1. The average molecular weight is 280 g/mol. The number of hydrogen-bond acceptors (Lipinski definition) is 4. The van der Waals surface area contributed by atoms with E-state index in [0.717, 1.165) is 23.5 Å². The predicted octanol–water partition coefficient (Wildman–Crippen LogP) is 1.27. The van der Waals surface area contributed by atoms with Crippen molar-refractivity contribution in [1.82, 2.24) is 10.3 Å². The summed E-state index contributed by atoms with van der Waals surface area (Å²) in [5, 5.41) is 5.86. The lowest BCUT2D eigenvalue weighted by atomic mass is 10.1. The van der Waals surface area contributed by atoms with Crippen molar-refractivity contribution >= 4 is 28.8 Å². The first-order valence-electron chi connectivity index (χ1n) is 6.24. The maximum Gasteiger partial charge on any atom is 0.239 e. The van der Waals surface area contributed by atoms with E-state index in [1.165, 1.54) is 0 Å². The number of nitrogens with zero attached hydrogens (tertiary/aromatic N) is 1. The van der Waals surface area contributed by atoms with Crippen LogP contribution >= 0.6 is 12.2 Å². The van der Waals surface area contributed by atoms with Gasteiger partial charge < -0.3 is 16.4 Å². The van der Waals surface area contributed by atoms with E-state index in [1.807, 2.05) is 26.8 Å². The van der Waals surface area contributed by atoms with Crippen LogP contribution in [0.25, 0.3) is 0 Å². The number of nitrogens with one attached hydrogen (secondary N) is 2. The van der Waals surface area contributed by atoms with Crippen molar-refractivity contribution in [2.75, 3.05) is 18.4 Å². The summed E-state index contributed by atoms with van der Waals surface area (Å²) in [4.78, 5) is 16.2. The van der Waals surface area contributed by atoms with Gasteiger partial charge in [-0.1, -0.05) is 19.1 Å². The summed E-state index contributed by atoms with van der Waals surface area (Å²) < 4.78 is 0. The predicted molar refractivity (Wildman–Crippen MR) is 81.4 cm³/mol. The number of thiocarbonyl (C=S) groups is 1. The zero-order chi connectivity index (χ0) is 14.4. The SMILES string of the molecule is CCCNC(=O)CNc1cc(C)nc(C)c1C(N)=S. The fraction of sp³-hybridized carbons (Fsp3) is 0.462. The second kappa shape index (κ2) is 7.04. The Balaban J connectivity index is 2.82. The quantitative estimate of drug-likeness (QED) is 0.684. The molecule has 1 amide bonds. The second-order valence-corrected chi connectivity index (χ2v) is 4.78. The summed E-state index contributed by atoms with van der Waals surface area (Å²) in [5.41, 5.74) is 8.78.